The lowest BCUT2D eigenvalue weighted by molar-refractivity contribution is 0.0273. The van der Waals surface area contributed by atoms with Crippen LogP contribution in [-0.2, 0) is 4.74 Å². The van der Waals surface area contributed by atoms with Crippen molar-refractivity contribution in [1.82, 2.24) is 15.2 Å². The molecule has 2 bridgehead atoms. The minimum absolute atomic E-state index is 0.100. The van der Waals surface area contributed by atoms with E-state index >= 15 is 0 Å². The predicted octanol–water partition coefficient (Wildman–Crippen LogP) is 1.83. The van der Waals surface area contributed by atoms with E-state index in [9.17, 15) is 9.59 Å². The van der Waals surface area contributed by atoms with Gasteiger partial charge in [-0.25, -0.2) is 4.79 Å². The first-order valence-corrected chi connectivity index (χ1v) is 8.58. The molecule has 5 heterocycles. The number of pyridine rings is 1. The van der Waals surface area contributed by atoms with Crippen LogP contribution in [0.15, 0.2) is 22.7 Å². The number of aromatic nitrogens is 1. The average Bonchev–Trinajstić information content (AvgIpc) is 3.05. The summed E-state index contributed by atoms with van der Waals surface area (Å²) in [5, 5.41) is 3.78. The Morgan fingerprint density at radius 1 is 1.40 bits per heavy atom. The summed E-state index contributed by atoms with van der Waals surface area (Å²) in [5.41, 5.74) is 0.742. The van der Waals surface area contributed by atoms with Gasteiger partial charge in [-0.05, 0) is 32.2 Å². The van der Waals surface area contributed by atoms with Gasteiger partial charge in [-0.15, -0.1) is 0 Å². The van der Waals surface area contributed by atoms with Gasteiger partial charge < -0.3 is 14.5 Å². The third kappa shape index (κ3) is 2.89. The number of furan rings is 1. The van der Waals surface area contributed by atoms with Crippen molar-refractivity contribution in [1.29, 1.82) is 0 Å². The first-order valence-electron chi connectivity index (χ1n) is 8.58. The van der Waals surface area contributed by atoms with Crippen LogP contribution in [0.25, 0.3) is 11.0 Å². The number of ether oxygens (including phenoxy) is 1. The largest absolute Gasteiger partial charge is 0.463 e. The fourth-order valence-electron chi connectivity index (χ4n) is 3.96. The van der Waals surface area contributed by atoms with Crippen LogP contribution < -0.4 is 5.32 Å². The quantitative estimate of drug-likeness (QED) is 0.856. The molecule has 3 saturated heterocycles. The van der Waals surface area contributed by atoms with Gasteiger partial charge in [-0.1, -0.05) is 0 Å². The summed E-state index contributed by atoms with van der Waals surface area (Å²) in [6.07, 6.45) is 3.79. The summed E-state index contributed by atoms with van der Waals surface area (Å²) in [7, 11) is 1.29. The second-order valence-corrected chi connectivity index (χ2v) is 6.92. The normalized spacial score (nSPS) is 28.1. The molecule has 1 amide bonds. The number of methoxy groups -OCH3 is 1. The highest BCUT2D eigenvalue weighted by molar-refractivity contribution is 5.97. The fourth-order valence-corrected chi connectivity index (χ4v) is 3.96. The van der Waals surface area contributed by atoms with Crippen LogP contribution in [0.5, 0.6) is 0 Å². The minimum Gasteiger partial charge on any atom is -0.463 e. The molecule has 2 aromatic rings. The highest BCUT2D eigenvalue weighted by Crippen LogP contribution is 2.32. The number of amides is 1. The van der Waals surface area contributed by atoms with Crippen molar-refractivity contribution >= 4 is 22.8 Å². The monoisotopic (exact) mass is 343 g/mol. The van der Waals surface area contributed by atoms with Gasteiger partial charge >= 0.3 is 5.97 Å². The highest BCUT2D eigenvalue weighted by atomic mass is 16.5. The van der Waals surface area contributed by atoms with E-state index in [1.54, 1.807) is 18.3 Å². The Balaban J connectivity index is 1.51. The zero-order valence-electron chi connectivity index (χ0n) is 14.3. The number of nitrogens with one attached hydrogen (secondary N) is 1. The Kier molecular flexibility index (Phi) is 3.95. The van der Waals surface area contributed by atoms with Crippen LogP contribution in [0.2, 0.25) is 0 Å². The second kappa shape index (κ2) is 6.15. The number of esters is 1. The third-order valence-corrected chi connectivity index (χ3v) is 5.39. The molecule has 3 aliphatic rings. The van der Waals surface area contributed by atoms with Crippen LogP contribution in [0.3, 0.4) is 0 Å². The number of carbonyl (C=O) groups excluding carboxylic acids is 2. The van der Waals surface area contributed by atoms with Crippen molar-refractivity contribution in [2.24, 2.45) is 5.92 Å². The molecule has 0 spiro atoms. The van der Waals surface area contributed by atoms with Crippen molar-refractivity contribution in [2.75, 3.05) is 20.2 Å². The molecule has 5 rings (SSSR count). The Morgan fingerprint density at radius 3 is 2.92 bits per heavy atom. The number of fused-ring (bicyclic) bond motifs is 4. The van der Waals surface area contributed by atoms with E-state index in [1.165, 1.54) is 7.11 Å². The number of piperidine rings is 3. The predicted molar refractivity (Wildman–Crippen MR) is 90.4 cm³/mol. The summed E-state index contributed by atoms with van der Waals surface area (Å²) in [5.74, 6) is -0.127. The van der Waals surface area contributed by atoms with E-state index in [2.05, 4.69) is 26.9 Å². The van der Waals surface area contributed by atoms with Crippen molar-refractivity contribution in [3.8, 4) is 0 Å². The van der Waals surface area contributed by atoms with Crippen LogP contribution in [0, 0.1) is 5.92 Å². The minimum atomic E-state index is -0.552. The summed E-state index contributed by atoms with van der Waals surface area (Å²) in [6, 6.07) is 3.89. The van der Waals surface area contributed by atoms with E-state index in [0.29, 0.717) is 28.6 Å². The fraction of sp³-hybridized carbons (Fsp3) is 0.500. The molecular formula is C18H21N3O4. The lowest BCUT2D eigenvalue weighted by atomic mass is 9.80. The Labute approximate surface area is 145 Å². The molecule has 0 aromatic carbocycles. The van der Waals surface area contributed by atoms with Crippen LogP contribution >= 0.6 is 0 Å². The van der Waals surface area contributed by atoms with E-state index in [0.717, 1.165) is 25.9 Å². The number of hydrogen-bond donors (Lipinski definition) is 1. The molecule has 4 atom stereocenters. The molecular weight excluding hydrogens is 322 g/mol. The number of nitrogens with zero attached hydrogens (tertiary/aromatic N) is 2. The van der Waals surface area contributed by atoms with E-state index in [-0.39, 0.29) is 17.7 Å². The van der Waals surface area contributed by atoms with Crippen molar-refractivity contribution in [3.63, 3.8) is 0 Å². The maximum atomic E-state index is 12.6. The van der Waals surface area contributed by atoms with Gasteiger partial charge in [0, 0.05) is 42.3 Å². The lowest BCUT2D eigenvalue weighted by Crippen LogP contribution is -2.60. The van der Waals surface area contributed by atoms with Crippen LogP contribution in [0.4, 0.5) is 0 Å². The van der Waals surface area contributed by atoms with Gasteiger partial charge in [0.25, 0.3) is 5.91 Å². The standard InChI is InChI=1S/C18H21N3O4/c1-10-5-11-3-4-21(10)9-14(11)20-17(22)13-7-15-12(8-19-13)6-16(25-15)18(23)24-2/h6-8,10-11,14H,3-5,9H2,1-2H3,(H,20,22). The maximum Gasteiger partial charge on any atom is 0.373 e. The van der Waals surface area contributed by atoms with Crippen LogP contribution in [-0.4, -0.2) is 54.0 Å². The Morgan fingerprint density at radius 2 is 2.24 bits per heavy atom. The SMILES string of the molecule is COC(=O)c1cc2cnc(C(=O)NC3CN4CCC3CC4C)cc2o1. The topological polar surface area (TPSA) is 84.7 Å². The van der Waals surface area contributed by atoms with Gasteiger partial charge in [0.2, 0.25) is 5.76 Å². The van der Waals surface area contributed by atoms with E-state index in [1.807, 2.05) is 0 Å². The van der Waals surface area contributed by atoms with E-state index in [4.69, 9.17) is 4.42 Å². The van der Waals surface area contributed by atoms with Gasteiger partial charge in [0.05, 0.1) is 7.11 Å². The molecule has 7 heteroatoms. The van der Waals surface area contributed by atoms with Gasteiger partial charge in [-0.3, -0.25) is 14.7 Å². The van der Waals surface area contributed by atoms with Gasteiger partial charge in [-0.2, -0.15) is 0 Å². The molecule has 0 aliphatic carbocycles. The zero-order valence-corrected chi connectivity index (χ0v) is 14.3. The second-order valence-electron chi connectivity index (χ2n) is 6.92. The average molecular weight is 343 g/mol. The lowest BCUT2D eigenvalue weighted by Gasteiger charge is -2.48. The first kappa shape index (κ1) is 16.1. The maximum absolute atomic E-state index is 12.6. The smallest absolute Gasteiger partial charge is 0.373 e. The highest BCUT2D eigenvalue weighted by Gasteiger charge is 2.38. The summed E-state index contributed by atoms with van der Waals surface area (Å²) < 4.78 is 10.1. The first-order chi connectivity index (χ1) is 12.0. The molecule has 4 unspecified atom stereocenters. The Bertz CT molecular complexity index is 831. The number of carbonyl (C=O) groups is 2. The number of rotatable bonds is 3. The third-order valence-electron chi connectivity index (χ3n) is 5.39. The van der Waals surface area contributed by atoms with Crippen LogP contribution in [0.1, 0.15) is 40.8 Å². The molecule has 25 heavy (non-hydrogen) atoms. The molecule has 0 saturated carbocycles. The molecule has 3 fully saturated rings. The van der Waals surface area contributed by atoms with Crippen molar-refractivity contribution in [3.05, 3.63) is 29.8 Å². The van der Waals surface area contributed by atoms with Crippen molar-refractivity contribution < 1.29 is 18.7 Å². The number of hydrogen-bond acceptors (Lipinski definition) is 6. The molecule has 132 valence electrons. The molecule has 1 N–H and O–H groups in total. The van der Waals surface area contributed by atoms with Crippen molar-refractivity contribution in [2.45, 2.75) is 31.8 Å². The molecule has 0 radical (unpaired) electrons. The Hall–Kier alpha value is -2.41. The van der Waals surface area contributed by atoms with Gasteiger partial charge in [0.15, 0.2) is 0 Å². The van der Waals surface area contributed by atoms with E-state index < -0.39 is 5.97 Å². The van der Waals surface area contributed by atoms with Gasteiger partial charge in [0.1, 0.15) is 11.3 Å². The summed E-state index contributed by atoms with van der Waals surface area (Å²) in [4.78, 5) is 30.8. The molecule has 2 aromatic heterocycles. The molecule has 3 aliphatic heterocycles. The summed E-state index contributed by atoms with van der Waals surface area (Å²) in [6.45, 7) is 4.26. The molecule has 7 nitrogen and oxygen atoms in total. The zero-order chi connectivity index (χ0) is 17.6. The summed E-state index contributed by atoms with van der Waals surface area (Å²) >= 11 is 0.